The fourth-order valence-electron chi connectivity index (χ4n) is 2.11. The van der Waals surface area contributed by atoms with Crippen molar-refractivity contribution in [1.29, 1.82) is 0 Å². The van der Waals surface area contributed by atoms with Gasteiger partial charge in [0.2, 0.25) is 0 Å². The van der Waals surface area contributed by atoms with Crippen molar-refractivity contribution in [3.63, 3.8) is 0 Å². The molecule has 1 atom stereocenters. The summed E-state index contributed by atoms with van der Waals surface area (Å²) in [4.78, 5) is 11.9. The number of carbonyl (C=O) groups excluding carboxylic acids is 1. The van der Waals surface area contributed by atoms with Crippen LogP contribution in [0.5, 0.6) is 0 Å². The van der Waals surface area contributed by atoms with Crippen LogP contribution in [0, 0.1) is 11.6 Å². The van der Waals surface area contributed by atoms with Gasteiger partial charge >= 0.3 is 0 Å². The average Bonchev–Trinajstić information content (AvgIpc) is 2.61. The second kappa shape index (κ2) is 5.91. The molecule has 5 heteroatoms. The summed E-state index contributed by atoms with van der Waals surface area (Å²) in [5.41, 5.74) is -0.229. The van der Waals surface area contributed by atoms with Gasteiger partial charge < -0.3 is 10.6 Å². The molecule has 0 spiro atoms. The molecule has 1 unspecified atom stereocenters. The summed E-state index contributed by atoms with van der Waals surface area (Å²) in [5, 5.41) is 5.98. The van der Waals surface area contributed by atoms with E-state index < -0.39 is 17.5 Å². The number of benzene rings is 1. The van der Waals surface area contributed by atoms with Crippen LogP contribution >= 0.6 is 0 Å². The Labute approximate surface area is 105 Å². The predicted molar refractivity (Wildman–Crippen MR) is 64.3 cm³/mol. The topological polar surface area (TPSA) is 41.1 Å². The number of nitrogens with one attached hydrogen (secondary N) is 2. The third-order valence-electron chi connectivity index (χ3n) is 3.11. The molecule has 0 bridgehead atoms. The van der Waals surface area contributed by atoms with Gasteiger partial charge in [-0.3, -0.25) is 4.79 Å². The van der Waals surface area contributed by atoms with Crippen molar-refractivity contribution in [3.05, 3.63) is 35.4 Å². The summed E-state index contributed by atoms with van der Waals surface area (Å²) in [6, 6.07) is 3.65. The number of hydrogen-bond acceptors (Lipinski definition) is 2. The molecule has 1 aromatic carbocycles. The first-order chi connectivity index (χ1) is 8.68. The fourth-order valence-corrected chi connectivity index (χ4v) is 2.11. The van der Waals surface area contributed by atoms with Crippen molar-refractivity contribution in [2.45, 2.75) is 25.3 Å². The van der Waals surface area contributed by atoms with Gasteiger partial charge in [-0.25, -0.2) is 8.78 Å². The lowest BCUT2D eigenvalue weighted by Crippen LogP contribution is -2.36. The summed E-state index contributed by atoms with van der Waals surface area (Å²) in [5.74, 6) is -2.62. The Morgan fingerprint density at radius 1 is 1.28 bits per heavy atom. The Morgan fingerprint density at radius 2 is 2.11 bits per heavy atom. The van der Waals surface area contributed by atoms with E-state index in [9.17, 15) is 13.6 Å². The highest BCUT2D eigenvalue weighted by molar-refractivity contribution is 5.94. The summed E-state index contributed by atoms with van der Waals surface area (Å²) in [6.07, 6.45) is 2.63. The van der Waals surface area contributed by atoms with E-state index in [1.807, 2.05) is 0 Å². The summed E-state index contributed by atoms with van der Waals surface area (Å²) < 4.78 is 26.5. The molecule has 3 nitrogen and oxygen atoms in total. The minimum absolute atomic E-state index is 0.0233. The number of halogens is 2. The molecular formula is C13H16F2N2O. The van der Waals surface area contributed by atoms with Crippen LogP contribution in [0.25, 0.3) is 0 Å². The van der Waals surface area contributed by atoms with Gasteiger partial charge in [-0.05, 0) is 44.5 Å². The smallest absolute Gasteiger partial charge is 0.254 e. The molecule has 0 radical (unpaired) electrons. The zero-order valence-corrected chi connectivity index (χ0v) is 10.0. The fraction of sp³-hybridized carbons (Fsp3) is 0.462. The molecule has 98 valence electrons. The summed E-state index contributed by atoms with van der Waals surface area (Å²) >= 11 is 0. The van der Waals surface area contributed by atoms with E-state index in [1.165, 1.54) is 12.1 Å². The molecular weight excluding hydrogens is 238 g/mol. The first-order valence-corrected chi connectivity index (χ1v) is 6.14. The van der Waals surface area contributed by atoms with E-state index in [0.717, 1.165) is 38.4 Å². The van der Waals surface area contributed by atoms with Gasteiger partial charge in [0.15, 0.2) is 11.6 Å². The van der Waals surface area contributed by atoms with E-state index >= 15 is 0 Å². The standard InChI is InChI=1S/C13H16F2N2O/c14-11-5-1-4-10(12(11)15)13(18)17-9-3-2-7-16-8-6-9/h1,4-5,9,16H,2-3,6-8H2,(H,17,18). The maximum Gasteiger partial charge on any atom is 0.254 e. The van der Waals surface area contributed by atoms with Crippen LogP contribution in [-0.4, -0.2) is 25.0 Å². The maximum absolute atomic E-state index is 13.4. The van der Waals surface area contributed by atoms with Crippen LogP contribution in [0.15, 0.2) is 18.2 Å². The largest absolute Gasteiger partial charge is 0.349 e. The quantitative estimate of drug-likeness (QED) is 0.845. The summed E-state index contributed by atoms with van der Waals surface area (Å²) in [7, 11) is 0. The van der Waals surface area contributed by atoms with Crippen LogP contribution < -0.4 is 10.6 Å². The molecule has 1 saturated heterocycles. The SMILES string of the molecule is O=C(NC1CCCNCC1)c1cccc(F)c1F. The minimum Gasteiger partial charge on any atom is -0.349 e. The lowest BCUT2D eigenvalue weighted by molar-refractivity contribution is 0.0929. The van der Waals surface area contributed by atoms with E-state index in [1.54, 1.807) is 0 Å². The van der Waals surface area contributed by atoms with Gasteiger partial charge in [-0.1, -0.05) is 6.07 Å². The number of rotatable bonds is 2. The lowest BCUT2D eigenvalue weighted by atomic mass is 10.1. The second-order valence-corrected chi connectivity index (χ2v) is 4.45. The van der Waals surface area contributed by atoms with Gasteiger partial charge in [0.05, 0.1) is 5.56 Å². The summed E-state index contributed by atoms with van der Waals surface area (Å²) in [6.45, 7) is 1.76. The molecule has 0 saturated carbocycles. The van der Waals surface area contributed by atoms with Gasteiger partial charge in [0, 0.05) is 6.04 Å². The van der Waals surface area contributed by atoms with Gasteiger partial charge in [-0.15, -0.1) is 0 Å². The van der Waals surface area contributed by atoms with Crippen molar-refractivity contribution in [2.75, 3.05) is 13.1 Å². The molecule has 18 heavy (non-hydrogen) atoms. The first-order valence-electron chi connectivity index (χ1n) is 6.14. The van der Waals surface area contributed by atoms with Gasteiger partial charge in [0.25, 0.3) is 5.91 Å². The van der Waals surface area contributed by atoms with Crippen LogP contribution in [-0.2, 0) is 0 Å². The Kier molecular flexibility index (Phi) is 4.25. The van der Waals surface area contributed by atoms with Crippen LogP contribution in [0.1, 0.15) is 29.6 Å². The van der Waals surface area contributed by atoms with E-state index in [-0.39, 0.29) is 11.6 Å². The first kappa shape index (κ1) is 13.0. The Bertz CT molecular complexity index is 429. The third kappa shape index (κ3) is 3.04. The van der Waals surface area contributed by atoms with Crippen molar-refractivity contribution in [3.8, 4) is 0 Å². The molecule has 1 heterocycles. The number of amides is 1. The normalized spacial score (nSPS) is 20.2. The maximum atomic E-state index is 13.4. The van der Waals surface area contributed by atoms with Crippen molar-refractivity contribution in [2.24, 2.45) is 0 Å². The van der Waals surface area contributed by atoms with Crippen molar-refractivity contribution in [1.82, 2.24) is 10.6 Å². The van der Waals surface area contributed by atoms with Crippen molar-refractivity contribution >= 4 is 5.91 Å². The van der Waals surface area contributed by atoms with Crippen molar-refractivity contribution < 1.29 is 13.6 Å². The predicted octanol–water partition coefficient (Wildman–Crippen LogP) is 1.84. The Hall–Kier alpha value is -1.49. The van der Waals surface area contributed by atoms with E-state index in [4.69, 9.17) is 0 Å². The monoisotopic (exact) mass is 254 g/mol. The number of carbonyl (C=O) groups is 1. The molecule has 2 rings (SSSR count). The lowest BCUT2D eigenvalue weighted by Gasteiger charge is -2.16. The minimum atomic E-state index is -1.08. The molecule has 1 aliphatic rings. The molecule has 0 aromatic heterocycles. The molecule has 1 aromatic rings. The van der Waals surface area contributed by atoms with E-state index in [2.05, 4.69) is 10.6 Å². The molecule has 2 N–H and O–H groups in total. The highest BCUT2D eigenvalue weighted by atomic mass is 19.2. The van der Waals surface area contributed by atoms with Gasteiger partial charge in [-0.2, -0.15) is 0 Å². The third-order valence-corrected chi connectivity index (χ3v) is 3.11. The van der Waals surface area contributed by atoms with Gasteiger partial charge in [0.1, 0.15) is 0 Å². The highest BCUT2D eigenvalue weighted by Crippen LogP contribution is 2.12. The van der Waals surface area contributed by atoms with Crippen LogP contribution in [0.2, 0.25) is 0 Å². The zero-order valence-electron chi connectivity index (χ0n) is 10.0. The molecule has 0 aliphatic carbocycles. The molecule has 1 aliphatic heterocycles. The Morgan fingerprint density at radius 3 is 2.94 bits per heavy atom. The number of hydrogen-bond donors (Lipinski definition) is 2. The molecule has 1 fully saturated rings. The van der Waals surface area contributed by atoms with Crippen LogP contribution in [0.4, 0.5) is 8.78 Å². The van der Waals surface area contributed by atoms with Crippen LogP contribution in [0.3, 0.4) is 0 Å². The molecule has 1 amide bonds. The average molecular weight is 254 g/mol. The second-order valence-electron chi connectivity index (χ2n) is 4.45. The zero-order chi connectivity index (χ0) is 13.0. The highest BCUT2D eigenvalue weighted by Gasteiger charge is 2.19. The Balaban J connectivity index is 2.04. The van der Waals surface area contributed by atoms with E-state index in [0.29, 0.717) is 0 Å².